The van der Waals surface area contributed by atoms with Crippen molar-refractivity contribution in [1.82, 2.24) is 5.32 Å². The fraction of sp³-hybridized carbons (Fsp3) is 0.208. The molecular formula is C24H25ClN2O5S2. The number of nitrogens with zero attached hydrogens (tertiary/aromatic N) is 1. The minimum atomic E-state index is -4.05. The number of halogens is 1. The number of aryl methyl sites for hydroxylation is 1. The van der Waals surface area contributed by atoms with E-state index in [4.69, 9.17) is 11.6 Å². The van der Waals surface area contributed by atoms with Crippen molar-refractivity contribution in [2.75, 3.05) is 17.1 Å². The first-order chi connectivity index (χ1) is 15.9. The number of sulfonamides is 1. The Morgan fingerprint density at radius 2 is 1.56 bits per heavy atom. The number of benzene rings is 3. The van der Waals surface area contributed by atoms with Crippen molar-refractivity contribution in [1.29, 1.82) is 0 Å². The second kappa shape index (κ2) is 10.2. The lowest BCUT2D eigenvalue weighted by Crippen LogP contribution is -2.41. The second-order valence-electron chi connectivity index (χ2n) is 7.89. The van der Waals surface area contributed by atoms with Crippen LogP contribution in [-0.2, 0) is 24.7 Å². The van der Waals surface area contributed by atoms with E-state index in [1.807, 2.05) is 0 Å². The van der Waals surface area contributed by atoms with E-state index in [-0.39, 0.29) is 15.5 Å². The van der Waals surface area contributed by atoms with Crippen LogP contribution in [0, 0.1) is 6.92 Å². The van der Waals surface area contributed by atoms with Gasteiger partial charge in [0.15, 0.2) is 9.84 Å². The van der Waals surface area contributed by atoms with E-state index in [9.17, 15) is 21.6 Å². The maximum Gasteiger partial charge on any atom is 0.264 e. The fourth-order valence-corrected chi connectivity index (χ4v) is 5.52. The summed E-state index contributed by atoms with van der Waals surface area (Å²) in [5.74, 6) is -0.532. The van der Waals surface area contributed by atoms with E-state index >= 15 is 0 Å². The summed E-state index contributed by atoms with van der Waals surface area (Å²) in [6, 6.07) is 18.3. The normalized spacial score (nSPS) is 12.7. The van der Waals surface area contributed by atoms with Crippen molar-refractivity contribution >= 4 is 43.1 Å². The van der Waals surface area contributed by atoms with Gasteiger partial charge in [-0.15, -0.1) is 0 Å². The summed E-state index contributed by atoms with van der Waals surface area (Å²) >= 11 is 6.23. The van der Waals surface area contributed by atoms with E-state index in [1.165, 1.54) is 30.3 Å². The van der Waals surface area contributed by atoms with Crippen molar-refractivity contribution in [3.05, 3.63) is 88.9 Å². The molecule has 0 radical (unpaired) electrons. The van der Waals surface area contributed by atoms with Crippen LogP contribution < -0.4 is 9.62 Å². The number of hydrogen-bond donors (Lipinski definition) is 1. The van der Waals surface area contributed by atoms with Crippen LogP contribution in [0.15, 0.2) is 82.6 Å². The van der Waals surface area contributed by atoms with Crippen LogP contribution in [0.2, 0.25) is 5.02 Å². The minimum absolute atomic E-state index is 0.0453. The number of hydrogen-bond acceptors (Lipinski definition) is 5. The topological polar surface area (TPSA) is 101 Å². The van der Waals surface area contributed by atoms with Crippen molar-refractivity contribution < 1.29 is 21.6 Å². The van der Waals surface area contributed by atoms with Gasteiger partial charge in [-0.2, -0.15) is 0 Å². The Hall–Kier alpha value is -2.88. The van der Waals surface area contributed by atoms with Gasteiger partial charge >= 0.3 is 0 Å². The number of carbonyl (C=O) groups is 1. The molecule has 0 bridgehead atoms. The highest BCUT2D eigenvalue weighted by molar-refractivity contribution is 7.93. The monoisotopic (exact) mass is 520 g/mol. The highest BCUT2D eigenvalue weighted by Gasteiger charge is 2.28. The molecule has 0 fully saturated rings. The molecule has 0 aliphatic heterocycles. The summed E-state index contributed by atoms with van der Waals surface area (Å²) in [5, 5.41) is 3.16. The number of nitrogens with one attached hydrogen (secondary N) is 1. The Balaban J connectivity index is 1.87. The average Bonchev–Trinajstić information content (AvgIpc) is 2.79. The summed E-state index contributed by atoms with van der Waals surface area (Å²) in [4.78, 5) is 13.1. The van der Waals surface area contributed by atoms with Crippen LogP contribution in [0.25, 0.3) is 0 Å². The van der Waals surface area contributed by atoms with E-state index in [0.717, 1.165) is 16.1 Å². The number of anilines is 1. The molecule has 0 unspecified atom stereocenters. The lowest BCUT2D eigenvalue weighted by atomic mass is 10.1. The molecule has 34 heavy (non-hydrogen) atoms. The van der Waals surface area contributed by atoms with Gasteiger partial charge in [-0.3, -0.25) is 9.10 Å². The number of rotatable bonds is 8. The molecule has 1 amide bonds. The summed E-state index contributed by atoms with van der Waals surface area (Å²) in [7, 11) is -7.39. The van der Waals surface area contributed by atoms with E-state index < -0.39 is 38.4 Å². The van der Waals surface area contributed by atoms with Crippen LogP contribution in [0.1, 0.15) is 24.1 Å². The first kappa shape index (κ1) is 25.7. The molecular weight excluding hydrogens is 496 g/mol. The predicted molar refractivity (Wildman–Crippen MR) is 133 cm³/mol. The zero-order valence-electron chi connectivity index (χ0n) is 18.9. The summed E-state index contributed by atoms with van der Waals surface area (Å²) in [6.45, 7) is 3.06. The Kier molecular flexibility index (Phi) is 7.70. The molecule has 7 nitrogen and oxygen atoms in total. The maximum absolute atomic E-state index is 13.4. The Morgan fingerprint density at radius 1 is 0.941 bits per heavy atom. The van der Waals surface area contributed by atoms with Gasteiger partial charge in [0.25, 0.3) is 10.0 Å². The van der Waals surface area contributed by atoms with E-state index in [0.29, 0.717) is 10.6 Å². The fourth-order valence-electron chi connectivity index (χ4n) is 3.28. The smallest absolute Gasteiger partial charge is 0.264 e. The van der Waals surface area contributed by atoms with Crippen molar-refractivity contribution in [3.63, 3.8) is 0 Å². The molecule has 1 atom stereocenters. The summed E-state index contributed by atoms with van der Waals surface area (Å²) in [5.41, 5.74) is 1.72. The third-order valence-corrected chi connectivity index (χ3v) is 8.57. The molecule has 0 heterocycles. The van der Waals surface area contributed by atoms with Crippen LogP contribution in [0.4, 0.5) is 5.69 Å². The molecule has 0 saturated heterocycles. The van der Waals surface area contributed by atoms with Gasteiger partial charge in [0.2, 0.25) is 5.91 Å². The van der Waals surface area contributed by atoms with Crippen molar-refractivity contribution in [2.45, 2.75) is 29.7 Å². The Morgan fingerprint density at radius 3 is 2.12 bits per heavy atom. The largest absolute Gasteiger partial charge is 0.348 e. The second-order valence-corrected chi connectivity index (χ2v) is 12.2. The molecule has 0 aromatic heterocycles. The number of amides is 1. The average molecular weight is 521 g/mol. The van der Waals surface area contributed by atoms with Crippen molar-refractivity contribution in [2.24, 2.45) is 0 Å². The van der Waals surface area contributed by atoms with Gasteiger partial charge in [0, 0.05) is 11.3 Å². The van der Waals surface area contributed by atoms with Crippen LogP contribution in [0.3, 0.4) is 0 Å². The zero-order chi connectivity index (χ0) is 25.1. The molecule has 10 heteroatoms. The highest BCUT2D eigenvalue weighted by atomic mass is 35.5. The highest BCUT2D eigenvalue weighted by Crippen LogP contribution is 2.28. The Labute approximate surface area is 205 Å². The quantitative estimate of drug-likeness (QED) is 0.481. The molecule has 0 spiro atoms. The number of carbonyl (C=O) groups excluding carboxylic acids is 1. The SMILES string of the molecule is Cc1ccc(N(CC(=O)N[C@H](C)c2ccc(S(C)(=O)=O)cc2)S(=O)(=O)c2ccccc2)cc1Cl. The van der Waals surface area contributed by atoms with Gasteiger partial charge in [0.05, 0.1) is 21.5 Å². The molecule has 3 aromatic carbocycles. The molecule has 3 aromatic rings. The van der Waals surface area contributed by atoms with Crippen LogP contribution >= 0.6 is 11.6 Å². The molecule has 0 saturated carbocycles. The van der Waals surface area contributed by atoms with E-state index in [1.54, 1.807) is 56.3 Å². The zero-order valence-corrected chi connectivity index (χ0v) is 21.3. The van der Waals surface area contributed by atoms with Crippen molar-refractivity contribution in [3.8, 4) is 0 Å². The number of sulfone groups is 1. The third kappa shape index (κ3) is 5.97. The molecule has 180 valence electrons. The molecule has 1 N–H and O–H groups in total. The lowest BCUT2D eigenvalue weighted by molar-refractivity contribution is -0.120. The third-order valence-electron chi connectivity index (χ3n) is 5.25. The maximum atomic E-state index is 13.4. The first-order valence-corrected chi connectivity index (χ1v) is 14.0. The lowest BCUT2D eigenvalue weighted by Gasteiger charge is -2.25. The van der Waals surface area contributed by atoms with Gasteiger partial charge < -0.3 is 5.32 Å². The summed E-state index contributed by atoms with van der Waals surface area (Å²) in [6.07, 6.45) is 1.12. The van der Waals surface area contributed by atoms with E-state index in [2.05, 4.69) is 5.32 Å². The standard InChI is InChI=1S/C24H25ClN2O5S2/c1-17-9-12-20(15-23(17)25)27(34(31,32)22-7-5-4-6-8-22)16-24(28)26-18(2)19-10-13-21(14-11-19)33(3,29)30/h4-15,18H,16H2,1-3H3,(H,26,28)/t18-/m1/s1. The van der Waals surface area contributed by atoms with Crippen LogP contribution in [-0.4, -0.2) is 35.5 Å². The first-order valence-electron chi connectivity index (χ1n) is 10.3. The predicted octanol–water partition coefficient (Wildman–Crippen LogP) is 4.12. The minimum Gasteiger partial charge on any atom is -0.348 e. The molecule has 0 aliphatic rings. The van der Waals surface area contributed by atoms with Crippen LogP contribution in [0.5, 0.6) is 0 Å². The summed E-state index contributed by atoms with van der Waals surface area (Å²) < 4.78 is 51.1. The molecule has 0 aliphatic carbocycles. The van der Waals surface area contributed by atoms with Gasteiger partial charge in [-0.05, 0) is 61.4 Å². The molecule has 3 rings (SSSR count). The Bertz CT molecular complexity index is 1390. The van der Waals surface area contributed by atoms with Gasteiger partial charge in [0.1, 0.15) is 6.54 Å². The van der Waals surface area contributed by atoms with Gasteiger partial charge in [-0.25, -0.2) is 16.8 Å². The van der Waals surface area contributed by atoms with Gasteiger partial charge in [-0.1, -0.05) is 48.0 Å².